The van der Waals surface area contributed by atoms with Crippen molar-refractivity contribution < 1.29 is 17.9 Å². The lowest BCUT2D eigenvalue weighted by Gasteiger charge is -2.26. The number of methoxy groups -OCH3 is 1. The number of nitrogens with zero attached hydrogens (tertiary/aromatic N) is 2. The molecular formula is C26H27N3O5S2. The molecule has 0 aliphatic carbocycles. The minimum atomic E-state index is -4.09. The van der Waals surface area contributed by atoms with Gasteiger partial charge in [-0.2, -0.15) is 0 Å². The van der Waals surface area contributed by atoms with E-state index in [4.69, 9.17) is 4.74 Å². The van der Waals surface area contributed by atoms with Crippen LogP contribution in [-0.4, -0.2) is 32.5 Å². The fourth-order valence-electron chi connectivity index (χ4n) is 3.95. The lowest BCUT2D eigenvalue weighted by Crippen LogP contribution is -2.38. The minimum Gasteiger partial charge on any atom is -0.495 e. The average Bonchev–Trinajstić information content (AvgIpc) is 3.18. The van der Waals surface area contributed by atoms with Gasteiger partial charge >= 0.3 is 4.87 Å². The minimum absolute atomic E-state index is 0.00718. The smallest absolute Gasteiger partial charge is 0.308 e. The second-order valence-electron chi connectivity index (χ2n) is 8.56. The number of fused-ring (bicyclic) bond motifs is 1. The second-order valence-corrected chi connectivity index (χ2v) is 11.4. The normalized spacial score (nSPS) is 11.6. The molecule has 1 aromatic heterocycles. The average molecular weight is 526 g/mol. The standard InChI is InChI=1S/C26H27N3O5S2/c1-17(2)29-21-12-11-19(15-24(21)35-26(29)31)27-25(30)16-28(22-14-18(3)10-13-23(22)34-4)36(32,33)20-8-6-5-7-9-20/h5-15,17H,16H2,1-4H3,(H,27,30). The summed E-state index contributed by atoms with van der Waals surface area (Å²) in [4.78, 5) is 25.5. The molecule has 188 valence electrons. The molecule has 0 spiro atoms. The van der Waals surface area contributed by atoms with Gasteiger partial charge in [0, 0.05) is 11.7 Å². The summed E-state index contributed by atoms with van der Waals surface area (Å²) in [5.74, 6) is -0.206. The molecule has 1 heterocycles. The maximum absolute atomic E-state index is 13.6. The van der Waals surface area contributed by atoms with Crippen molar-refractivity contribution in [2.75, 3.05) is 23.3 Å². The summed E-state index contributed by atoms with van der Waals surface area (Å²) in [5, 5.41) is 2.78. The highest BCUT2D eigenvalue weighted by Gasteiger charge is 2.29. The van der Waals surface area contributed by atoms with E-state index in [9.17, 15) is 18.0 Å². The number of aryl methyl sites for hydroxylation is 1. The lowest BCUT2D eigenvalue weighted by molar-refractivity contribution is -0.114. The number of ether oxygens (including phenoxy) is 1. The second kappa shape index (κ2) is 10.2. The number of thiazole rings is 1. The number of nitrogens with one attached hydrogen (secondary N) is 1. The zero-order chi connectivity index (χ0) is 26.0. The summed E-state index contributed by atoms with van der Waals surface area (Å²) in [6.07, 6.45) is 0. The van der Waals surface area contributed by atoms with Gasteiger partial charge in [0.05, 0.1) is 27.9 Å². The van der Waals surface area contributed by atoms with E-state index in [-0.39, 0.29) is 21.5 Å². The molecule has 0 radical (unpaired) electrons. The van der Waals surface area contributed by atoms with Gasteiger partial charge in [-0.15, -0.1) is 0 Å². The first-order valence-electron chi connectivity index (χ1n) is 11.3. The largest absolute Gasteiger partial charge is 0.495 e. The monoisotopic (exact) mass is 525 g/mol. The molecule has 0 aliphatic rings. The Kier molecular flexibility index (Phi) is 7.18. The van der Waals surface area contributed by atoms with E-state index >= 15 is 0 Å². The van der Waals surface area contributed by atoms with Crippen molar-refractivity contribution >= 4 is 48.9 Å². The molecule has 1 amide bonds. The van der Waals surface area contributed by atoms with E-state index < -0.39 is 22.5 Å². The molecule has 10 heteroatoms. The van der Waals surface area contributed by atoms with Gasteiger partial charge in [-0.05, 0) is 68.8 Å². The molecule has 0 bridgehead atoms. The summed E-state index contributed by atoms with van der Waals surface area (Å²) < 4.78 is 36.2. The highest BCUT2D eigenvalue weighted by atomic mass is 32.2. The Morgan fingerprint density at radius 1 is 1.08 bits per heavy atom. The van der Waals surface area contributed by atoms with Crippen LogP contribution in [0.4, 0.5) is 11.4 Å². The third-order valence-electron chi connectivity index (χ3n) is 5.63. The number of sulfonamides is 1. The van der Waals surface area contributed by atoms with Gasteiger partial charge < -0.3 is 10.1 Å². The highest BCUT2D eigenvalue weighted by molar-refractivity contribution is 7.92. The van der Waals surface area contributed by atoms with Crippen LogP contribution in [0.15, 0.2) is 76.4 Å². The number of carbonyl (C=O) groups is 1. The zero-order valence-electron chi connectivity index (χ0n) is 20.4. The number of rotatable bonds is 8. The Labute approximate surface area is 213 Å². The molecule has 0 saturated heterocycles. The number of anilines is 2. The van der Waals surface area contributed by atoms with Crippen molar-refractivity contribution in [3.63, 3.8) is 0 Å². The van der Waals surface area contributed by atoms with Crippen LogP contribution in [0.5, 0.6) is 5.75 Å². The summed E-state index contributed by atoms with van der Waals surface area (Å²) in [7, 11) is -2.64. The topological polar surface area (TPSA) is 97.7 Å². The predicted molar refractivity (Wildman–Crippen MR) is 144 cm³/mol. The Balaban J connectivity index is 1.69. The molecule has 4 rings (SSSR count). The van der Waals surface area contributed by atoms with Crippen LogP contribution in [0.1, 0.15) is 25.5 Å². The van der Waals surface area contributed by atoms with Gasteiger partial charge in [-0.3, -0.25) is 18.5 Å². The first-order chi connectivity index (χ1) is 17.1. The van der Waals surface area contributed by atoms with Gasteiger partial charge in [-0.1, -0.05) is 35.6 Å². The van der Waals surface area contributed by atoms with Crippen LogP contribution in [-0.2, 0) is 14.8 Å². The van der Waals surface area contributed by atoms with Crippen LogP contribution >= 0.6 is 11.3 Å². The van der Waals surface area contributed by atoms with Crippen LogP contribution in [0.25, 0.3) is 10.2 Å². The number of hydrogen-bond donors (Lipinski definition) is 1. The summed E-state index contributed by atoms with van der Waals surface area (Å²) in [6, 6.07) is 18.3. The molecule has 36 heavy (non-hydrogen) atoms. The fourth-order valence-corrected chi connectivity index (χ4v) is 6.45. The van der Waals surface area contributed by atoms with Crippen molar-refractivity contribution in [3.05, 3.63) is 82.0 Å². The summed E-state index contributed by atoms with van der Waals surface area (Å²) in [6.45, 7) is 5.23. The number of aromatic nitrogens is 1. The first kappa shape index (κ1) is 25.5. The molecule has 0 atom stereocenters. The molecule has 0 saturated carbocycles. The SMILES string of the molecule is COc1ccc(C)cc1N(CC(=O)Nc1ccc2c(c1)sc(=O)n2C(C)C)S(=O)(=O)c1ccccc1. The first-order valence-corrected chi connectivity index (χ1v) is 13.5. The van der Waals surface area contributed by atoms with Crippen molar-refractivity contribution in [3.8, 4) is 5.75 Å². The molecule has 0 aliphatic heterocycles. The lowest BCUT2D eigenvalue weighted by atomic mass is 10.2. The van der Waals surface area contributed by atoms with Gasteiger partial charge in [0.15, 0.2) is 0 Å². The van der Waals surface area contributed by atoms with E-state index in [1.807, 2.05) is 20.8 Å². The van der Waals surface area contributed by atoms with Crippen LogP contribution in [0.3, 0.4) is 0 Å². The molecular weight excluding hydrogens is 498 g/mol. The van der Waals surface area contributed by atoms with Crippen LogP contribution in [0.2, 0.25) is 0 Å². The van der Waals surface area contributed by atoms with Crippen LogP contribution in [0, 0.1) is 6.92 Å². The van der Waals surface area contributed by atoms with Gasteiger partial charge in [-0.25, -0.2) is 8.42 Å². The van der Waals surface area contributed by atoms with Gasteiger partial charge in [0.1, 0.15) is 12.3 Å². The molecule has 1 N–H and O–H groups in total. The maximum Gasteiger partial charge on any atom is 0.308 e. The Morgan fingerprint density at radius 2 is 1.81 bits per heavy atom. The summed E-state index contributed by atoms with van der Waals surface area (Å²) >= 11 is 1.10. The molecule has 3 aromatic carbocycles. The third-order valence-corrected chi connectivity index (χ3v) is 8.33. The molecule has 8 nitrogen and oxygen atoms in total. The Morgan fingerprint density at radius 3 is 2.47 bits per heavy atom. The van der Waals surface area contributed by atoms with Crippen molar-refractivity contribution in [1.82, 2.24) is 4.57 Å². The summed E-state index contributed by atoms with van der Waals surface area (Å²) in [5.41, 5.74) is 2.34. The maximum atomic E-state index is 13.6. The number of carbonyl (C=O) groups excluding carboxylic acids is 1. The van der Waals surface area contributed by atoms with Gasteiger partial charge in [0.2, 0.25) is 5.91 Å². The highest BCUT2D eigenvalue weighted by Crippen LogP contribution is 2.33. The molecule has 0 unspecified atom stereocenters. The number of amides is 1. The number of hydrogen-bond acceptors (Lipinski definition) is 6. The quantitative estimate of drug-likeness (QED) is 0.357. The van der Waals surface area contributed by atoms with E-state index in [0.717, 1.165) is 31.4 Å². The molecule has 4 aromatic rings. The van der Waals surface area contributed by atoms with Crippen molar-refractivity contribution in [2.45, 2.75) is 31.7 Å². The Bertz CT molecular complexity index is 1570. The predicted octanol–water partition coefficient (Wildman–Crippen LogP) is 4.79. The van der Waals surface area contributed by atoms with Crippen LogP contribution < -0.4 is 19.2 Å². The van der Waals surface area contributed by atoms with E-state index in [0.29, 0.717) is 11.4 Å². The Hall–Kier alpha value is -3.63. The van der Waals surface area contributed by atoms with Crippen molar-refractivity contribution in [2.24, 2.45) is 0 Å². The fraction of sp³-hybridized carbons (Fsp3) is 0.231. The zero-order valence-corrected chi connectivity index (χ0v) is 22.0. The van der Waals surface area contributed by atoms with Crippen molar-refractivity contribution in [1.29, 1.82) is 0 Å². The van der Waals surface area contributed by atoms with E-state index in [2.05, 4.69) is 5.32 Å². The van der Waals surface area contributed by atoms with E-state index in [1.54, 1.807) is 59.2 Å². The number of benzene rings is 3. The van der Waals surface area contributed by atoms with E-state index in [1.165, 1.54) is 19.2 Å². The van der Waals surface area contributed by atoms with Gasteiger partial charge in [0.25, 0.3) is 10.0 Å². The third kappa shape index (κ3) is 5.00. The molecule has 0 fully saturated rings.